The highest BCUT2D eigenvalue weighted by atomic mass is 79.9. The summed E-state index contributed by atoms with van der Waals surface area (Å²) in [7, 11) is 1.41. The SMILES string of the molecule is COc1cc(/C=C2\C(=O)NC(=O)N(Cc3ccco3)C2=O)cc(Br)c1OCC(=O)Nc1ccccc1. The summed E-state index contributed by atoms with van der Waals surface area (Å²) in [6.07, 6.45) is 2.75. The number of ether oxygens (including phenoxy) is 2. The third-order valence-electron chi connectivity index (χ3n) is 5.05. The fourth-order valence-corrected chi connectivity index (χ4v) is 3.96. The van der Waals surface area contributed by atoms with Crippen molar-refractivity contribution in [2.75, 3.05) is 19.0 Å². The molecule has 1 aliphatic heterocycles. The Morgan fingerprint density at radius 1 is 1.14 bits per heavy atom. The van der Waals surface area contributed by atoms with Gasteiger partial charge in [-0.3, -0.25) is 24.6 Å². The molecule has 5 amide bonds. The Bertz CT molecular complexity index is 1340. The number of methoxy groups -OCH3 is 1. The number of carbonyl (C=O) groups excluding carboxylic acids is 4. The Hall–Kier alpha value is -4.38. The first-order valence-corrected chi connectivity index (χ1v) is 11.4. The van der Waals surface area contributed by atoms with Crippen LogP contribution in [0.15, 0.2) is 75.3 Å². The van der Waals surface area contributed by atoms with Crippen LogP contribution in [0.5, 0.6) is 11.5 Å². The molecule has 36 heavy (non-hydrogen) atoms. The molecular formula is C25H20BrN3O7. The van der Waals surface area contributed by atoms with Gasteiger partial charge < -0.3 is 19.2 Å². The molecule has 4 rings (SSSR count). The number of carbonyl (C=O) groups is 4. The molecule has 1 saturated heterocycles. The highest BCUT2D eigenvalue weighted by Crippen LogP contribution is 2.37. The Kier molecular flexibility index (Phi) is 7.50. The number of imide groups is 2. The van der Waals surface area contributed by atoms with Crippen LogP contribution in [0, 0.1) is 0 Å². The molecule has 2 aromatic carbocycles. The van der Waals surface area contributed by atoms with Crippen molar-refractivity contribution in [1.82, 2.24) is 10.2 Å². The Morgan fingerprint density at radius 3 is 2.61 bits per heavy atom. The van der Waals surface area contributed by atoms with Gasteiger partial charge in [-0.1, -0.05) is 18.2 Å². The van der Waals surface area contributed by atoms with E-state index in [1.165, 1.54) is 25.5 Å². The van der Waals surface area contributed by atoms with Crippen molar-refractivity contribution in [2.24, 2.45) is 0 Å². The maximum Gasteiger partial charge on any atom is 0.331 e. The van der Waals surface area contributed by atoms with Crippen LogP contribution < -0.4 is 20.1 Å². The van der Waals surface area contributed by atoms with Crippen molar-refractivity contribution in [1.29, 1.82) is 0 Å². The van der Waals surface area contributed by atoms with Gasteiger partial charge >= 0.3 is 6.03 Å². The van der Waals surface area contributed by atoms with E-state index in [1.807, 2.05) is 6.07 Å². The zero-order valence-electron chi connectivity index (χ0n) is 18.9. The van der Waals surface area contributed by atoms with Crippen LogP contribution in [0.3, 0.4) is 0 Å². The van der Waals surface area contributed by atoms with E-state index < -0.39 is 17.8 Å². The van der Waals surface area contributed by atoms with Crippen molar-refractivity contribution >= 4 is 51.4 Å². The minimum atomic E-state index is -0.838. The second-order valence-corrected chi connectivity index (χ2v) is 8.38. The quantitative estimate of drug-likeness (QED) is 0.321. The second-order valence-electron chi connectivity index (χ2n) is 7.52. The Morgan fingerprint density at radius 2 is 1.92 bits per heavy atom. The summed E-state index contributed by atoms with van der Waals surface area (Å²) in [6, 6.07) is 14.5. The number of benzene rings is 2. The van der Waals surface area contributed by atoms with E-state index >= 15 is 0 Å². The minimum Gasteiger partial charge on any atom is -0.493 e. The van der Waals surface area contributed by atoms with Crippen molar-refractivity contribution in [3.8, 4) is 11.5 Å². The smallest absolute Gasteiger partial charge is 0.331 e. The molecule has 1 aliphatic rings. The number of para-hydroxylation sites is 1. The fourth-order valence-electron chi connectivity index (χ4n) is 3.38. The topological polar surface area (TPSA) is 127 Å². The van der Waals surface area contributed by atoms with E-state index in [2.05, 4.69) is 26.6 Å². The van der Waals surface area contributed by atoms with Crippen molar-refractivity contribution in [2.45, 2.75) is 6.54 Å². The number of nitrogens with one attached hydrogen (secondary N) is 2. The molecule has 0 aliphatic carbocycles. The molecule has 2 heterocycles. The van der Waals surface area contributed by atoms with Gasteiger partial charge in [0.2, 0.25) is 0 Å². The molecular weight excluding hydrogens is 534 g/mol. The molecule has 11 heteroatoms. The highest BCUT2D eigenvalue weighted by molar-refractivity contribution is 9.10. The zero-order chi connectivity index (χ0) is 25.7. The van der Waals surface area contributed by atoms with Gasteiger partial charge in [0.1, 0.15) is 11.3 Å². The van der Waals surface area contributed by atoms with E-state index in [1.54, 1.807) is 42.5 Å². The van der Waals surface area contributed by atoms with Crippen LogP contribution >= 0.6 is 15.9 Å². The van der Waals surface area contributed by atoms with Gasteiger partial charge in [-0.05, 0) is 64.0 Å². The monoisotopic (exact) mass is 553 g/mol. The number of nitrogens with zero attached hydrogens (tertiary/aromatic N) is 1. The second kappa shape index (κ2) is 10.9. The summed E-state index contributed by atoms with van der Waals surface area (Å²) < 4.78 is 16.7. The van der Waals surface area contributed by atoms with E-state index in [4.69, 9.17) is 13.9 Å². The number of amides is 5. The standard InChI is InChI=1S/C25H20BrN3O7/c1-34-20-12-15(11-19(26)22(20)36-14-21(30)27-16-6-3-2-4-7-16)10-18-23(31)28-25(33)29(24(18)32)13-17-8-5-9-35-17/h2-12H,13-14H2,1H3,(H,27,30)(H,28,31,33)/b18-10+. The van der Waals surface area contributed by atoms with E-state index in [0.29, 0.717) is 21.5 Å². The lowest BCUT2D eigenvalue weighted by atomic mass is 10.1. The van der Waals surface area contributed by atoms with E-state index in [0.717, 1.165) is 4.90 Å². The lowest BCUT2D eigenvalue weighted by molar-refractivity contribution is -0.130. The molecule has 0 atom stereocenters. The Labute approximate surface area is 214 Å². The zero-order valence-corrected chi connectivity index (χ0v) is 20.5. The lowest BCUT2D eigenvalue weighted by Gasteiger charge is -2.25. The van der Waals surface area contributed by atoms with Gasteiger partial charge in [0.15, 0.2) is 18.1 Å². The van der Waals surface area contributed by atoms with Gasteiger partial charge in [-0.15, -0.1) is 0 Å². The van der Waals surface area contributed by atoms with Crippen LogP contribution in [0.1, 0.15) is 11.3 Å². The molecule has 184 valence electrons. The lowest BCUT2D eigenvalue weighted by Crippen LogP contribution is -2.53. The molecule has 3 aromatic rings. The molecule has 1 aromatic heterocycles. The normalized spacial score (nSPS) is 14.6. The summed E-state index contributed by atoms with van der Waals surface area (Å²) in [4.78, 5) is 50.7. The first kappa shape index (κ1) is 24.7. The van der Waals surface area contributed by atoms with Crippen LogP contribution in [0.2, 0.25) is 0 Å². The maximum atomic E-state index is 12.9. The first-order valence-electron chi connectivity index (χ1n) is 10.6. The summed E-state index contributed by atoms with van der Waals surface area (Å²) >= 11 is 3.38. The third kappa shape index (κ3) is 5.63. The van der Waals surface area contributed by atoms with Crippen LogP contribution in [0.25, 0.3) is 6.08 Å². The molecule has 0 spiro atoms. The minimum absolute atomic E-state index is 0.132. The third-order valence-corrected chi connectivity index (χ3v) is 5.64. The van der Waals surface area contributed by atoms with E-state index in [-0.39, 0.29) is 36.1 Å². The number of rotatable bonds is 8. The van der Waals surface area contributed by atoms with Gasteiger partial charge in [0.05, 0.1) is 24.4 Å². The van der Waals surface area contributed by atoms with Gasteiger partial charge in [-0.25, -0.2) is 4.79 Å². The summed E-state index contributed by atoms with van der Waals surface area (Å²) in [5, 5.41) is 4.87. The van der Waals surface area contributed by atoms with E-state index in [9.17, 15) is 19.2 Å². The molecule has 0 unspecified atom stereocenters. The number of halogens is 1. The number of anilines is 1. The van der Waals surface area contributed by atoms with Crippen LogP contribution in [-0.4, -0.2) is 42.4 Å². The largest absolute Gasteiger partial charge is 0.493 e. The molecule has 10 nitrogen and oxygen atoms in total. The number of furan rings is 1. The molecule has 2 N–H and O–H groups in total. The number of hydrogen-bond acceptors (Lipinski definition) is 7. The molecule has 0 bridgehead atoms. The summed E-state index contributed by atoms with van der Waals surface area (Å²) in [5.41, 5.74) is 0.811. The van der Waals surface area contributed by atoms with Crippen LogP contribution in [0.4, 0.5) is 10.5 Å². The first-order chi connectivity index (χ1) is 17.4. The predicted octanol–water partition coefficient (Wildman–Crippen LogP) is 3.73. The average Bonchev–Trinajstić information content (AvgIpc) is 3.37. The fraction of sp³-hybridized carbons (Fsp3) is 0.120. The molecule has 1 fully saturated rings. The molecule has 0 radical (unpaired) electrons. The number of hydrogen-bond donors (Lipinski definition) is 2. The van der Waals surface area contributed by atoms with Crippen LogP contribution in [-0.2, 0) is 20.9 Å². The molecule has 0 saturated carbocycles. The van der Waals surface area contributed by atoms with Crippen molar-refractivity contribution in [3.05, 3.63) is 82.2 Å². The van der Waals surface area contributed by atoms with Gasteiger partial charge in [0.25, 0.3) is 17.7 Å². The summed E-state index contributed by atoms with van der Waals surface area (Å²) in [6.45, 7) is -0.415. The van der Waals surface area contributed by atoms with Gasteiger partial charge in [-0.2, -0.15) is 0 Å². The van der Waals surface area contributed by atoms with Crippen molar-refractivity contribution in [3.63, 3.8) is 0 Å². The number of barbiturate groups is 1. The van der Waals surface area contributed by atoms with Crippen molar-refractivity contribution < 1.29 is 33.1 Å². The van der Waals surface area contributed by atoms with Gasteiger partial charge in [0, 0.05) is 5.69 Å². The predicted molar refractivity (Wildman–Crippen MR) is 132 cm³/mol. The number of urea groups is 1. The summed E-state index contributed by atoms with van der Waals surface area (Å²) in [5.74, 6) is -1.06. The Balaban J connectivity index is 1.52. The highest BCUT2D eigenvalue weighted by Gasteiger charge is 2.36. The maximum absolute atomic E-state index is 12.9. The average molecular weight is 554 g/mol.